The molecule has 0 aliphatic heterocycles. The lowest BCUT2D eigenvalue weighted by molar-refractivity contribution is 0.461. The van der Waals surface area contributed by atoms with E-state index in [4.69, 9.17) is 4.42 Å². The minimum atomic E-state index is -3.33. The van der Waals surface area contributed by atoms with Crippen LogP contribution in [0.25, 0.3) is 21.9 Å². The second-order valence-corrected chi connectivity index (χ2v) is 8.63. The standard InChI is InChI=1S/C15H16N2O4S/c1-15(2,22(3,19)20)9-17-14(18)13-11(8-16-17)10-6-4-5-7-12(10)21-13/h4-8H,9H2,1-3H3. The van der Waals surface area contributed by atoms with E-state index in [0.29, 0.717) is 11.0 Å². The Balaban J connectivity index is 2.20. The number of rotatable bonds is 3. The molecule has 0 N–H and O–H groups in total. The van der Waals surface area contributed by atoms with Crippen molar-refractivity contribution in [3.63, 3.8) is 0 Å². The Morgan fingerprint density at radius 1 is 1.23 bits per heavy atom. The van der Waals surface area contributed by atoms with Gasteiger partial charge < -0.3 is 4.42 Å². The molecule has 6 nitrogen and oxygen atoms in total. The van der Waals surface area contributed by atoms with Gasteiger partial charge in [-0.15, -0.1) is 0 Å². The van der Waals surface area contributed by atoms with Crippen LogP contribution in [0.4, 0.5) is 0 Å². The lowest BCUT2D eigenvalue weighted by Gasteiger charge is -2.22. The van der Waals surface area contributed by atoms with E-state index in [1.165, 1.54) is 0 Å². The Kier molecular flexibility index (Phi) is 3.14. The Morgan fingerprint density at radius 3 is 2.59 bits per heavy atom. The van der Waals surface area contributed by atoms with Crippen molar-refractivity contribution in [1.29, 1.82) is 0 Å². The Morgan fingerprint density at radius 2 is 1.91 bits per heavy atom. The van der Waals surface area contributed by atoms with E-state index in [-0.39, 0.29) is 12.1 Å². The highest BCUT2D eigenvalue weighted by molar-refractivity contribution is 7.92. The third-order valence-corrected chi connectivity index (χ3v) is 6.06. The van der Waals surface area contributed by atoms with E-state index in [9.17, 15) is 13.2 Å². The second-order valence-electron chi connectivity index (χ2n) is 5.98. The number of hydrogen-bond donors (Lipinski definition) is 0. The molecule has 2 aromatic heterocycles. The van der Waals surface area contributed by atoms with Crippen molar-refractivity contribution >= 4 is 31.8 Å². The van der Waals surface area contributed by atoms with E-state index in [1.54, 1.807) is 26.1 Å². The molecule has 1 aromatic carbocycles. The summed E-state index contributed by atoms with van der Waals surface area (Å²) >= 11 is 0. The van der Waals surface area contributed by atoms with Gasteiger partial charge in [-0.05, 0) is 19.9 Å². The van der Waals surface area contributed by atoms with E-state index in [0.717, 1.165) is 16.3 Å². The zero-order valence-electron chi connectivity index (χ0n) is 12.5. The zero-order chi connectivity index (χ0) is 16.1. The third kappa shape index (κ3) is 2.21. The first kappa shape index (κ1) is 14.8. The van der Waals surface area contributed by atoms with E-state index in [1.807, 2.05) is 18.2 Å². The number of nitrogens with zero attached hydrogens (tertiary/aromatic N) is 2. The van der Waals surface area contributed by atoms with Crippen LogP contribution < -0.4 is 5.56 Å². The number of para-hydroxylation sites is 1. The topological polar surface area (TPSA) is 82.2 Å². The molecule has 0 fully saturated rings. The molecule has 0 aliphatic carbocycles. The maximum atomic E-state index is 12.5. The summed E-state index contributed by atoms with van der Waals surface area (Å²) in [6.07, 6.45) is 2.69. The van der Waals surface area contributed by atoms with Gasteiger partial charge in [0.15, 0.2) is 9.84 Å². The van der Waals surface area contributed by atoms with Gasteiger partial charge in [-0.2, -0.15) is 5.10 Å². The van der Waals surface area contributed by atoms with Crippen LogP contribution in [0, 0.1) is 0 Å². The summed E-state index contributed by atoms with van der Waals surface area (Å²) < 4.78 is 29.3. The molecule has 7 heteroatoms. The van der Waals surface area contributed by atoms with E-state index >= 15 is 0 Å². The van der Waals surface area contributed by atoms with Gasteiger partial charge in [-0.3, -0.25) is 4.79 Å². The molecule has 116 valence electrons. The summed E-state index contributed by atoms with van der Waals surface area (Å²) in [4.78, 5) is 12.5. The molecule has 0 aliphatic rings. The fourth-order valence-electron chi connectivity index (χ4n) is 2.24. The highest BCUT2D eigenvalue weighted by Gasteiger charge is 2.32. The minimum absolute atomic E-state index is 0.0301. The quantitative estimate of drug-likeness (QED) is 0.737. The van der Waals surface area contributed by atoms with Gasteiger partial charge in [0.1, 0.15) is 5.58 Å². The molecule has 0 radical (unpaired) electrons. The SMILES string of the molecule is CC(C)(Cn1ncc2c(oc3ccccc32)c1=O)S(C)(=O)=O. The van der Waals surface area contributed by atoms with Gasteiger partial charge >= 0.3 is 5.56 Å². The normalized spacial score (nSPS) is 13.0. The molecule has 0 amide bonds. The first-order valence-electron chi connectivity index (χ1n) is 6.78. The summed E-state index contributed by atoms with van der Waals surface area (Å²) in [7, 11) is -3.33. The maximum absolute atomic E-state index is 12.5. The van der Waals surface area contributed by atoms with Crippen LogP contribution in [0.2, 0.25) is 0 Å². The van der Waals surface area contributed by atoms with Crippen molar-refractivity contribution in [2.45, 2.75) is 25.1 Å². The molecule has 3 rings (SSSR count). The molecule has 0 saturated heterocycles. The largest absolute Gasteiger partial charge is 0.450 e. The Bertz CT molecular complexity index is 1030. The molecule has 0 bridgehead atoms. The summed E-state index contributed by atoms with van der Waals surface area (Å²) in [5.41, 5.74) is 0.377. The van der Waals surface area contributed by atoms with Crippen molar-refractivity contribution in [1.82, 2.24) is 9.78 Å². The fourth-order valence-corrected chi connectivity index (χ4v) is 2.60. The van der Waals surface area contributed by atoms with Crippen LogP contribution in [0.15, 0.2) is 39.7 Å². The molecule has 3 aromatic rings. The van der Waals surface area contributed by atoms with E-state index < -0.39 is 20.1 Å². The van der Waals surface area contributed by atoms with Crippen molar-refractivity contribution in [3.8, 4) is 0 Å². The average molecular weight is 320 g/mol. The van der Waals surface area contributed by atoms with Crippen LogP contribution in [0.1, 0.15) is 13.8 Å². The Hall–Kier alpha value is -2.15. The molecule has 0 unspecified atom stereocenters. The highest BCUT2D eigenvalue weighted by atomic mass is 32.2. The fraction of sp³-hybridized carbons (Fsp3) is 0.333. The molecule has 0 saturated carbocycles. The number of sulfone groups is 1. The molecular formula is C15H16N2O4S. The van der Waals surface area contributed by atoms with Crippen molar-refractivity contribution < 1.29 is 12.8 Å². The molecule has 2 heterocycles. The summed E-state index contributed by atoms with van der Waals surface area (Å²) in [5, 5.41) is 5.56. The van der Waals surface area contributed by atoms with Crippen LogP contribution in [-0.2, 0) is 16.4 Å². The predicted octanol–water partition coefficient (Wildman–Crippen LogP) is 1.97. The van der Waals surface area contributed by atoms with Crippen LogP contribution in [-0.4, -0.2) is 29.2 Å². The van der Waals surface area contributed by atoms with Crippen molar-refractivity contribution in [2.24, 2.45) is 0 Å². The average Bonchev–Trinajstić information content (AvgIpc) is 2.80. The van der Waals surface area contributed by atoms with Gasteiger partial charge in [-0.1, -0.05) is 18.2 Å². The summed E-state index contributed by atoms with van der Waals surface area (Å²) in [6, 6.07) is 7.31. The van der Waals surface area contributed by atoms with Crippen molar-refractivity contribution in [2.75, 3.05) is 6.26 Å². The lowest BCUT2D eigenvalue weighted by atomic mass is 10.2. The summed E-state index contributed by atoms with van der Waals surface area (Å²) in [6.45, 7) is 3.11. The highest BCUT2D eigenvalue weighted by Crippen LogP contribution is 2.25. The number of benzene rings is 1. The Labute approximate surface area is 127 Å². The van der Waals surface area contributed by atoms with Crippen molar-refractivity contribution in [3.05, 3.63) is 40.8 Å². The number of furan rings is 1. The second kappa shape index (κ2) is 4.67. The molecule has 0 atom stereocenters. The first-order valence-corrected chi connectivity index (χ1v) is 8.67. The van der Waals surface area contributed by atoms with Gasteiger partial charge in [0.25, 0.3) is 0 Å². The lowest BCUT2D eigenvalue weighted by Crippen LogP contribution is -2.40. The monoisotopic (exact) mass is 320 g/mol. The number of aromatic nitrogens is 2. The van der Waals surface area contributed by atoms with Crippen LogP contribution in [0.3, 0.4) is 0 Å². The number of hydrogen-bond acceptors (Lipinski definition) is 5. The third-order valence-electron chi connectivity index (χ3n) is 3.92. The number of fused-ring (bicyclic) bond motifs is 3. The maximum Gasteiger partial charge on any atom is 0.310 e. The molecule has 22 heavy (non-hydrogen) atoms. The smallest absolute Gasteiger partial charge is 0.310 e. The first-order chi connectivity index (χ1) is 10.2. The van der Waals surface area contributed by atoms with Crippen LogP contribution >= 0.6 is 0 Å². The zero-order valence-corrected chi connectivity index (χ0v) is 13.3. The predicted molar refractivity (Wildman–Crippen MR) is 84.7 cm³/mol. The van der Waals surface area contributed by atoms with Crippen LogP contribution in [0.5, 0.6) is 0 Å². The summed E-state index contributed by atoms with van der Waals surface area (Å²) in [5.74, 6) is 0. The van der Waals surface area contributed by atoms with Gasteiger partial charge in [0, 0.05) is 11.6 Å². The van der Waals surface area contributed by atoms with E-state index in [2.05, 4.69) is 5.10 Å². The molecule has 0 spiro atoms. The van der Waals surface area contributed by atoms with Gasteiger partial charge in [0.2, 0.25) is 5.58 Å². The minimum Gasteiger partial charge on any atom is -0.450 e. The van der Waals surface area contributed by atoms with Gasteiger partial charge in [0.05, 0.1) is 22.9 Å². The molecular weight excluding hydrogens is 304 g/mol. The van der Waals surface area contributed by atoms with Gasteiger partial charge in [-0.25, -0.2) is 13.1 Å².